The highest BCUT2D eigenvalue weighted by molar-refractivity contribution is 5.62. The van der Waals surface area contributed by atoms with E-state index >= 15 is 0 Å². The molecule has 21 heavy (non-hydrogen) atoms. The second kappa shape index (κ2) is 4.58. The molecule has 108 valence electrons. The maximum absolute atomic E-state index is 11.2. The number of nitrogens with one attached hydrogen (secondary N) is 1. The van der Waals surface area contributed by atoms with Crippen LogP contribution in [0.2, 0.25) is 0 Å². The van der Waals surface area contributed by atoms with Gasteiger partial charge in [-0.25, -0.2) is 4.68 Å². The number of fused-ring (bicyclic) bond motifs is 1. The van der Waals surface area contributed by atoms with Crippen LogP contribution < -0.4 is 5.32 Å². The Morgan fingerprint density at radius 2 is 2.14 bits per heavy atom. The number of nitrogens with zero attached hydrogens (tertiary/aromatic N) is 3. The minimum Gasteiger partial charge on any atom is -0.369 e. The quantitative estimate of drug-likeness (QED) is 0.694. The molecule has 2 aromatic rings. The maximum Gasteiger partial charge on any atom is 0.294 e. The maximum atomic E-state index is 11.2. The molecule has 1 N–H and O–H groups in total. The Hall–Kier alpha value is -2.37. The molecule has 4 rings (SSSR count). The summed E-state index contributed by atoms with van der Waals surface area (Å²) in [7, 11) is 0. The lowest BCUT2D eigenvalue weighted by atomic mass is 9.81. The van der Waals surface area contributed by atoms with Crippen molar-refractivity contribution >= 4 is 11.5 Å². The molecular formula is C15H16N4O2. The van der Waals surface area contributed by atoms with Crippen LogP contribution in [0.4, 0.5) is 11.5 Å². The molecular weight excluding hydrogens is 268 g/mol. The van der Waals surface area contributed by atoms with E-state index in [1.165, 1.54) is 30.9 Å². The van der Waals surface area contributed by atoms with Crippen LogP contribution in [0.15, 0.2) is 24.3 Å². The molecule has 0 radical (unpaired) electrons. The van der Waals surface area contributed by atoms with Gasteiger partial charge in [-0.3, -0.25) is 10.1 Å². The number of nitro groups is 1. The van der Waals surface area contributed by atoms with Crippen molar-refractivity contribution in [2.45, 2.75) is 31.6 Å². The van der Waals surface area contributed by atoms with E-state index in [2.05, 4.69) is 5.32 Å². The molecule has 0 amide bonds. The van der Waals surface area contributed by atoms with Gasteiger partial charge >= 0.3 is 0 Å². The predicted octanol–water partition coefficient (Wildman–Crippen LogP) is 3.02. The van der Waals surface area contributed by atoms with E-state index in [-0.39, 0.29) is 10.6 Å². The number of rotatable bonds is 3. The summed E-state index contributed by atoms with van der Waals surface area (Å²) < 4.78 is 1.73. The zero-order valence-electron chi connectivity index (χ0n) is 11.6. The lowest BCUT2D eigenvalue weighted by Crippen LogP contribution is -2.13. The van der Waals surface area contributed by atoms with Crippen molar-refractivity contribution in [1.29, 1.82) is 0 Å². The number of nitro benzene ring substituents is 1. The largest absolute Gasteiger partial charge is 0.369 e. The first-order chi connectivity index (χ1) is 10.3. The number of anilines is 1. The van der Waals surface area contributed by atoms with Crippen molar-refractivity contribution in [3.05, 3.63) is 45.6 Å². The SMILES string of the molecule is O=[N+]([O-])c1ccccc1-n1nc(C2CCC2)c2c1NCC2. The van der Waals surface area contributed by atoms with Crippen molar-refractivity contribution in [1.82, 2.24) is 9.78 Å². The molecule has 1 saturated carbocycles. The zero-order valence-corrected chi connectivity index (χ0v) is 11.6. The summed E-state index contributed by atoms with van der Waals surface area (Å²) in [6.45, 7) is 0.882. The van der Waals surface area contributed by atoms with Crippen LogP contribution >= 0.6 is 0 Å². The second-order valence-corrected chi connectivity index (χ2v) is 5.67. The van der Waals surface area contributed by atoms with Gasteiger partial charge in [0.25, 0.3) is 5.69 Å². The van der Waals surface area contributed by atoms with Crippen LogP contribution in [-0.2, 0) is 6.42 Å². The first kappa shape index (κ1) is 12.4. The number of benzene rings is 1. The summed E-state index contributed by atoms with van der Waals surface area (Å²) in [6, 6.07) is 6.79. The van der Waals surface area contributed by atoms with Crippen LogP contribution in [-0.4, -0.2) is 21.2 Å². The molecule has 2 heterocycles. The van der Waals surface area contributed by atoms with Crippen molar-refractivity contribution < 1.29 is 4.92 Å². The average molecular weight is 284 g/mol. The van der Waals surface area contributed by atoms with Gasteiger partial charge in [-0.1, -0.05) is 18.6 Å². The fourth-order valence-electron chi connectivity index (χ4n) is 3.18. The number of hydrogen-bond acceptors (Lipinski definition) is 4. The molecule has 6 nitrogen and oxygen atoms in total. The Kier molecular flexibility index (Phi) is 2.70. The molecule has 1 aliphatic heterocycles. The molecule has 2 aliphatic rings. The van der Waals surface area contributed by atoms with E-state index in [1.807, 2.05) is 6.07 Å². The summed E-state index contributed by atoms with van der Waals surface area (Å²) in [4.78, 5) is 10.9. The lowest BCUT2D eigenvalue weighted by molar-refractivity contribution is -0.384. The smallest absolute Gasteiger partial charge is 0.294 e. The van der Waals surface area contributed by atoms with E-state index in [1.54, 1.807) is 16.8 Å². The highest BCUT2D eigenvalue weighted by Gasteiger charge is 2.32. The predicted molar refractivity (Wildman–Crippen MR) is 79.0 cm³/mol. The highest BCUT2D eigenvalue weighted by atomic mass is 16.6. The van der Waals surface area contributed by atoms with Crippen LogP contribution in [0, 0.1) is 10.1 Å². The van der Waals surface area contributed by atoms with Crippen molar-refractivity contribution in [2.24, 2.45) is 0 Å². The third-order valence-electron chi connectivity index (χ3n) is 4.48. The molecule has 0 saturated heterocycles. The third kappa shape index (κ3) is 1.82. The topological polar surface area (TPSA) is 73.0 Å². The molecule has 1 aromatic carbocycles. The summed E-state index contributed by atoms with van der Waals surface area (Å²) in [5.74, 6) is 1.47. The van der Waals surface area contributed by atoms with Gasteiger partial charge in [0.05, 0.1) is 10.6 Å². The second-order valence-electron chi connectivity index (χ2n) is 5.67. The molecule has 0 atom stereocenters. The van der Waals surface area contributed by atoms with Crippen molar-refractivity contribution in [2.75, 3.05) is 11.9 Å². The number of aromatic nitrogens is 2. The van der Waals surface area contributed by atoms with Crippen LogP contribution in [0.5, 0.6) is 0 Å². The Morgan fingerprint density at radius 1 is 1.33 bits per heavy atom. The van der Waals surface area contributed by atoms with Crippen LogP contribution in [0.1, 0.15) is 36.4 Å². The summed E-state index contributed by atoms with van der Waals surface area (Å²) >= 11 is 0. The van der Waals surface area contributed by atoms with Gasteiger partial charge in [-0.15, -0.1) is 0 Å². The monoisotopic (exact) mass is 284 g/mol. The van der Waals surface area contributed by atoms with E-state index in [0.29, 0.717) is 11.6 Å². The fourth-order valence-corrected chi connectivity index (χ4v) is 3.18. The minimum atomic E-state index is -0.346. The van der Waals surface area contributed by atoms with E-state index in [4.69, 9.17) is 5.10 Å². The molecule has 1 fully saturated rings. The number of hydrogen-bond donors (Lipinski definition) is 1. The molecule has 0 bridgehead atoms. The summed E-state index contributed by atoms with van der Waals surface area (Å²) in [5, 5.41) is 19.3. The molecule has 6 heteroatoms. The van der Waals surface area contributed by atoms with Crippen molar-refractivity contribution in [3.8, 4) is 5.69 Å². The lowest BCUT2D eigenvalue weighted by Gasteiger charge is -2.24. The summed E-state index contributed by atoms with van der Waals surface area (Å²) in [6.07, 6.45) is 4.58. The first-order valence-electron chi connectivity index (χ1n) is 7.35. The zero-order chi connectivity index (χ0) is 14.4. The molecule has 1 aliphatic carbocycles. The Balaban J connectivity index is 1.88. The normalized spacial score (nSPS) is 17.1. The molecule has 1 aromatic heterocycles. The molecule has 0 spiro atoms. The molecule has 0 unspecified atom stereocenters. The summed E-state index contributed by atoms with van der Waals surface area (Å²) in [5.41, 5.74) is 3.02. The van der Waals surface area contributed by atoms with Crippen LogP contribution in [0.3, 0.4) is 0 Å². The van der Waals surface area contributed by atoms with E-state index < -0.39 is 0 Å². The van der Waals surface area contributed by atoms with Gasteiger partial charge in [0, 0.05) is 24.1 Å². The van der Waals surface area contributed by atoms with Gasteiger partial charge in [-0.2, -0.15) is 5.10 Å². The van der Waals surface area contributed by atoms with Gasteiger partial charge in [0.15, 0.2) is 0 Å². The standard InChI is InChI=1S/C15H16N4O2/c20-19(21)13-7-2-1-6-12(13)18-15-11(8-9-16-15)14(17-18)10-4-3-5-10/h1-2,6-7,10,16H,3-5,8-9H2. The van der Waals surface area contributed by atoms with E-state index in [9.17, 15) is 10.1 Å². The van der Waals surface area contributed by atoms with E-state index in [0.717, 1.165) is 24.5 Å². The Morgan fingerprint density at radius 3 is 2.86 bits per heavy atom. The van der Waals surface area contributed by atoms with Gasteiger partial charge in [0.1, 0.15) is 11.5 Å². The average Bonchev–Trinajstić information content (AvgIpc) is 3.00. The van der Waals surface area contributed by atoms with Crippen LogP contribution in [0.25, 0.3) is 5.69 Å². The fraction of sp³-hybridized carbons (Fsp3) is 0.400. The Bertz CT molecular complexity index is 718. The van der Waals surface area contributed by atoms with Gasteiger partial charge < -0.3 is 5.32 Å². The Labute approximate surface area is 121 Å². The number of para-hydroxylation sites is 2. The highest BCUT2D eigenvalue weighted by Crippen LogP contribution is 2.42. The first-order valence-corrected chi connectivity index (χ1v) is 7.35. The minimum absolute atomic E-state index is 0.0941. The van der Waals surface area contributed by atoms with Crippen molar-refractivity contribution in [3.63, 3.8) is 0 Å². The third-order valence-corrected chi connectivity index (χ3v) is 4.48. The van der Waals surface area contributed by atoms with Gasteiger partial charge in [0.2, 0.25) is 0 Å². The van der Waals surface area contributed by atoms with Gasteiger partial charge in [-0.05, 0) is 25.3 Å².